The predicted octanol–water partition coefficient (Wildman–Crippen LogP) is 2.26. The summed E-state index contributed by atoms with van der Waals surface area (Å²) in [7, 11) is 1.75. The molecule has 0 aromatic carbocycles. The van der Waals surface area contributed by atoms with Crippen molar-refractivity contribution in [1.29, 1.82) is 0 Å². The van der Waals surface area contributed by atoms with Crippen molar-refractivity contribution >= 4 is 5.71 Å². The van der Waals surface area contributed by atoms with Crippen LogP contribution in [0.2, 0.25) is 0 Å². The lowest BCUT2D eigenvalue weighted by molar-refractivity contribution is 0.0579. The van der Waals surface area contributed by atoms with Gasteiger partial charge in [0.2, 0.25) is 0 Å². The van der Waals surface area contributed by atoms with E-state index in [9.17, 15) is 5.11 Å². The molecule has 0 spiro atoms. The van der Waals surface area contributed by atoms with Crippen molar-refractivity contribution in [2.75, 3.05) is 7.05 Å². The molecule has 0 saturated carbocycles. The molecule has 1 N–H and O–H groups in total. The normalized spacial score (nSPS) is 18.1. The van der Waals surface area contributed by atoms with Crippen LogP contribution in [0.3, 0.4) is 0 Å². The Kier molecular flexibility index (Phi) is 4.46. The molecule has 1 atom stereocenters. The first-order chi connectivity index (χ1) is 5.52. The fourth-order valence-electron chi connectivity index (χ4n) is 1.60. The van der Waals surface area contributed by atoms with E-state index in [1.807, 2.05) is 27.7 Å². The van der Waals surface area contributed by atoms with Crippen LogP contribution in [0, 0.1) is 5.92 Å². The Bertz CT molecular complexity index is 163. The number of hydrogen-bond acceptors (Lipinski definition) is 2. The molecule has 0 amide bonds. The van der Waals surface area contributed by atoms with E-state index in [2.05, 4.69) is 4.99 Å². The maximum Gasteiger partial charge on any atom is 0.104 e. The highest BCUT2D eigenvalue weighted by molar-refractivity contribution is 5.92. The largest absolute Gasteiger partial charge is 0.384 e. The van der Waals surface area contributed by atoms with Crippen molar-refractivity contribution in [2.45, 2.75) is 46.1 Å². The minimum absolute atomic E-state index is 0.237. The van der Waals surface area contributed by atoms with Gasteiger partial charge in [-0.2, -0.15) is 0 Å². The quantitative estimate of drug-likeness (QED) is 0.647. The van der Waals surface area contributed by atoms with Gasteiger partial charge in [-0.1, -0.05) is 27.7 Å². The molecule has 0 aromatic rings. The van der Waals surface area contributed by atoms with Crippen LogP contribution in [-0.2, 0) is 0 Å². The average molecular weight is 171 g/mol. The molecule has 2 heteroatoms. The maximum absolute atomic E-state index is 10.2. The molecule has 0 heterocycles. The van der Waals surface area contributed by atoms with Gasteiger partial charge in [-0.3, -0.25) is 4.99 Å². The zero-order valence-corrected chi connectivity index (χ0v) is 8.89. The molecule has 72 valence electrons. The van der Waals surface area contributed by atoms with Gasteiger partial charge in [0.05, 0.1) is 0 Å². The van der Waals surface area contributed by atoms with E-state index >= 15 is 0 Å². The Morgan fingerprint density at radius 3 is 2.00 bits per heavy atom. The monoisotopic (exact) mass is 171 g/mol. The maximum atomic E-state index is 10.2. The molecular formula is C10H21NO. The minimum atomic E-state index is -0.691. The molecule has 0 radical (unpaired) electrons. The summed E-state index contributed by atoms with van der Waals surface area (Å²) in [5, 5.41) is 10.2. The van der Waals surface area contributed by atoms with Crippen LogP contribution >= 0.6 is 0 Å². The average Bonchev–Trinajstić information content (AvgIpc) is 2.05. The van der Waals surface area contributed by atoms with Gasteiger partial charge in [0.15, 0.2) is 0 Å². The van der Waals surface area contributed by atoms with Gasteiger partial charge in [0, 0.05) is 12.8 Å². The summed E-state index contributed by atoms with van der Waals surface area (Å²) in [4.78, 5) is 4.14. The standard InChI is InChI=1S/C10H21NO/c1-6-9(11-5)10(12,7-2)8(3)4/h8,12H,6-7H2,1-5H3. The van der Waals surface area contributed by atoms with Crippen molar-refractivity contribution in [3.63, 3.8) is 0 Å². The number of hydrogen-bond donors (Lipinski definition) is 1. The zero-order valence-electron chi connectivity index (χ0n) is 8.89. The first-order valence-corrected chi connectivity index (χ1v) is 4.71. The van der Waals surface area contributed by atoms with Crippen LogP contribution in [0.15, 0.2) is 4.99 Å². The van der Waals surface area contributed by atoms with Gasteiger partial charge in [0.1, 0.15) is 5.60 Å². The second-order valence-corrected chi connectivity index (χ2v) is 3.46. The van der Waals surface area contributed by atoms with Gasteiger partial charge < -0.3 is 5.11 Å². The topological polar surface area (TPSA) is 32.6 Å². The van der Waals surface area contributed by atoms with Gasteiger partial charge in [-0.05, 0) is 18.8 Å². The number of rotatable bonds is 4. The molecule has 12 heavy (non-hydrogen) atoms. The van der Waals surface area contributed by atoms with E-state index in [0.717, 1.165) is 18.6 Å². The molecule has 0 fully saturated rings. The van der Waals surface area contributed by atoms with Crippen molar-refractivity contribution in [2.24, 2.45) is 10.9 Å². The van der Waals surface area contributed by atoms with E-state index in [-0.39, 0.29) is 5.92 Å². The lowest BCUT2D eigenvalue weighted by Gasteiger charge is -2.32. The van der Waals surface area contributed by atoms with Crippen molar-refractivity contribution < 1.29 is 5.11 Å². The molecule has 0 rings (SSSR count). The van der Waals surface area contributed by atoms with Gasteiger partial charge in [-0.25, -0.2) is 0 Å². The Morgan fingerprint density at radius 2 is 1.92 bits per heavy atom. The number of nitrogens with zero attached hydrogens (tertiary/aromatic N) is 1. The van der Waals surface area contributed by atoms with Crippen LogP contribution in [0.25, 0.3) is 0 Å². The molecule has 0 aliphatic heterocycles. The molecule has 0 bridgehead atoms. The summed E-state index contributed by atoms with van der Waals surface area (Å²) >= 11 is 0. The SMILES string of the molecule is CCC(=NC)C(O)(CC)C(C)C. The van der Waals surface area contributed by atoms with E-state index in [0.29, 0.717) is 0 Å². The first-order valence-electron chi connectivity index (χ1n) is 4.71. The fourth-order valence-corrected chi connectivity index (χ4v) is 1.60. The summed E-state index contributed by atoms with van der Waals surface area (Å²) in [6.07, 6.45) is 1.57. The van der Waals surface area contributed by atoms with Crippen molar-refractivity contribution in [1.82, 2.24) is 0 Å². The van der Waals surface area contributed by atoms with E-state index in [1.54, 1.807) is 7.05 Å². The summed E-state index contributed by atoms with van der Waals surface area (Å²) in [6, 6.07) is 0. The van der Waals surface area contributed by atoms with Crippen molar-refractivity contribution in [3.8, 4) is 0 Å². The third kappa shape index (κ3) is 2.07. The van der Waals surface area contributed by atoms with Gasteiger partial charge in [-0.15, -0.1) is 0 Å². The van der Waals surface area contributed by atoms with Gasteiger partial charge >= 0.3 is 0 Å². The van der Waals surface area contributed by atoms with Gasteiger partial charge in [0.25, 0.3) is 0 Å². The highest BCUT2D eigenvalue weighted by Gasteiger charge is 2.33. The predicted molar refractivity (Wildman–Crippen MR) is 53.7 cm³/mol. The number of aliphatic imine (C=N–C) groups is 1. The molecule has 1 unspecified atom stereocenters. The van der Waals surface area contributed by atoms with Crippen LogP contribution in [0.1, 0.15) is 40.5 Å². The van der Waals surface area contributed by atoms with Crippen LogP contribution < -0.4 is 0 Å². The first kappa shape index (κ1) is 11.6. The van der Waals surface area contributed by atoms with E-state index in [4.69, 9.17) is 0 Å². The number of aliphatic hydroxyl groups is 1. The Morgan fingerprint density at radius 1 is 1.42 bits per heavy atom. The summed E-state index contributed by atoms with van der Waals surface area (Å²) in [5.74, 6) is 0.237. The Hall–Kier alpha value is -0.370. The Balaban J connectivity index is 4.73. The van der Waals surface area contributed by atoms with E-state index in [1.165, 1.54) is 0 Å². The van der Waals surface area contributed by atoms with Crippen LogP contribution in [-0.4, -0.2) is 23.5 Å². The highest BCUT2D eigenvalue weighted by atomic mass is 16.3. The second kappa shape index (κ2) is 4.61. The molecule has 0 aliphatic rings. The molecule has 0 aromatic heterocycles. The summed E-state index contributed by atoms with van der Waals surface area (Å²) < 4.78 is 0. The fraction of sp³-hybridized carbons (Fsp3) is 0.900. The third-order valence-electron chi connectivity index (χ3n) is 2.60. The lowest BCUT2D eigenvalue weighted by atomic mass is 9.82. The Labute approximate surface area is 75.7 Å². The van der Waals surface area contributed by atoms with Crippen LogP contribution in [0.5, 0.6) is 0 Å². The molecule has 2 nitrogen and oxygen atoms in total. The smallest absolute Gasteiger partial charge is 0.104 e. The van der Waals surface area contributed by atoms with E-state index < -0.39 is 5.60 Å². The highest BCUT2D eigenvalue weighted by Crippen LogP contribution is 2.24. The molecule has 0 saturated heterocycles. The minimum Gasteiger partial charge on any atom is -0.384 e. The zero-order chi connectivity index (χ0) is 9.78. The molecule has 0 aliphatic carbocycles. The summed E-state index contributed by atoms with van der Waals surface area (Å²) in [6.45, 7) is 8.10. The third-order valence-corrected chi connectivity index (χ3v) is 2.60. The van der Waals surface area contributed by atoms with Crippen molar-refractivity contribution in [3.05, 3.63) is 0 Å². The molecular weight excluding hydrogens is 150 g/mol. The second-order valence-electron chi connectivity index (χ2n) is 3.46. The lowest BCUT2D eigenvalue weighted by Crippen LogP contribution is -2.42. The summed E-state index contributed by atoms with van der Waals surface area (Å²) in [5.41, 5.74) is 0.226. The van der Waals surface area contributed by atoms with Crippen LogP contribution in [0.4, 0.5) is 0 Å².